The van der Waals surface area contributed by atoms with Crippen LogP contribution in [0.4, 0.5) is 13.2 Å². The quantitative estimate of drug-likeness (QED) is 0.839. The number of pyridine rings is 1. The molecule has 0 aromatic carbocycles. The lowest BCUT2D eigenvalue weighted by atomic mass is 9.88. The zero-order valence-electron chi connectivity index (χ0n) is 13.3. The van der Waals surface area contributed by atoms with E-state index in [0.29, 0.717) is 6.42 Å². The minimum Gasteiger partial charge on any atom is -0.468 e. The van der Waals surface area contributed by atoms with Gasteiger partial charge in [-0.2, -0.15) is 13.2 Å². The van der Waals surface area contributed by atoms with E-state index < -0.39 is 24.7 Å². The van der Waals surface area contributed by atoms with Gasteiger partial charge in [0.2, 0.25) is 5.88 Å². The maximum absolute atomic E-state index is 12.1. The van der Waals surface area contributed by atoms with Crippen molar-refractivity contribution in [2.24, 2.45) is 5.41 Å². The molecule has 1 rings (SSSR count). The van der Waals surface area contributed by atoms with E-state index in [-0.39, 0.29) is 23.5 Å². The van der Waals surface area contributed by atoms with E-state index in [4.69, 9.17) is 0 Å². The number of halogens is 3. The van der Waals surface area contributed by atoms with Crippen LogP contribution in [0, 0.1) is 5.41 Å². The maximum atomic E-state index is 12.1. The third-order valence-electron chi connectivity index (χ3n) is 2.80. The molecule has 2 N–H and O–H groups in total. The average molecular weight is 334 g/mol. The SMILES string of the molecule is CC(C)(C)CC(CO)NC(=O)c1ccnc(OCC(F)(F)F)c1. The first kappa shape index (κ1) is 19.2. The predicted molar refractivity (Wildman–Crippen MR) is 78.2 cm³/mol. The van der Waals surface area contributed by atoms with Crippen LogP contribution < -0.4 is 10.1 Å². The summed E-state index contributed by atoms with van der Waals surface area (Å²) in [5.74, 6) is -0.793. The molecule has 0 radical (unpaired) electrons. The fourth-order valence-corrected chi connectivity index (χ4v) is 1.95. The molecule has 0 spiro atoms. The molecule has 1 aromatic heterocycles. The Morgan fingerprint density at radius 1 is 1.39 bits per heavy atom. The molecule has 0 saturated heterocycles. The van der Waals surface area contributed by atoms with Crippen molar-refractivity contribution in [1.29, 1.82) is 0 Å². The molecule has 23 heavy (non-hydrogen) atoms. The first-order chi connectivity index (χ1) is 10.5. The second kappa shape index (κ2) is 7.63. The van der Waals surface area contributed by atoms with Crippen molar-refractivity contribution in [3.8, 4) is 5.88 Å². The van der Waals surface area contributed by atoms with Gasteiger partial charge in [-0.3, -0.25) is 4.79 Å². The first-order valence-corrected chi connectivity index (χ1v) is 7.07. The van der Waals surface area contributed by atoms with Crippen molar-refractivity contribution in [2.75, 3.05) is 13.2 Å². The Labute approximate surface area is 132 Å². The summed E-state index contributed by atoms with van der Waals surface area (Å²) in [6.45, 7) is 4.20. The van der Waals surface area contributed by atoms with Crippen LogP contribution in [0.25, 0.3) is 0 Å². The van der Waals surface area contributed by atoms with Crippen LogP contribution in [0.5, 0.6) is 5.88 Å². The summed E-state index contributed by atoms with van der Waals surface area (Å²) < 4.78 is 40.9. The summed E-state index contributed by atoms with van der Waals surface area (Å²) in [5, 5.41) is 12.0. The van der Waals surface area contributed by atoms with Crippen molar-refractivity contribution >= 4 is 5.91 Å². The smallest absolute Gasteiger partial charge is 0.422 e. The van der Waals surface area contributed by atoms with E-state index in [0.717, 1.165) is 6.07 Å². The van der Waals surface area contributed by atoms with E-state index in [9.17, 15) is 23.1 Å². The molecule has 130 valence electrons. The summed E-state index contributed by atoms with van der Waals surface area (Å²) in [5.41, 5.74) is 0.0180. The average Bonchev–Trinajstić information content (AvgIpc) is 2.42. The van der Waals surface area contributed by atoms with Crippen LogP contribution in [-0.4, -0.2) is 41.4 Å². The predicted octanol–water partition coefficient (Wildman–Crippen LogP) is 2.55. The number of ether oxygens (including phenoxy) is 1. The topological polar surface area (TPSA) is 71.5 Å². The van der Waals surface area contributed by atoms with E-state index in [1.165, 1.54) is 12.3 Å². The second-order valence-electron chi connectivity index (χ2n) is 6.40. The van der Waals surface area contributed by atoms with E-state index in [2.05, 4.69) is 15.0 Å². The van der Waals surface area contributed by atoms with Crippen LogP contribution in [-0.2, 0) is 0 Å². The maximum Gasteiger partial charge on any atom is 0.422 e. The Kier molecular flexibility index (Phi) is 6.37. The minimum absolute atomic E-state index is 0.0973. The number of aliphatic hydroxyl groups excluding tert-OH is 1. The Hall–Kier alpha value is -1.83. The molecule has 1 unspecified atom stereocenters. The zero-order valence-corrected chi connectivity index (χ0v) is 13.3. The van der Waals surface area contributed by atoms with Crippen LogP contribution in [0.1, 0.15) is 37.6 Å². The van der Waals surface area contributed by atoms with Crippen molar-refractivity contribution in [1.82, 2.24) is 10.3 Å². The van der Waals surface area contributed by atoms with Gasteiger partial charge in [0.05, 0.1) is 12.6 Å². The second-order valence-corrected chi connectivity index (χ2v) is 6.40. The lowest BCUT2D eigenvalue weighted by molar-refractivity contribution is -0.154. The standard InChI is InChI=1S/C15H21F3N2O3/c1-14(2,3)7-11(8-21)20-13(22)10-4-5-19-12(6-10)23-9-15(16,17)18/h4-6,11,21H,7-9H2,1-3H3,(H,20,22). The summed E-state index contributed by atoms with van der Waals surface area (Å²) in [4.78, 5) is 15.8. The van der Waals surface area contributed by atoms with Gasteiger partial charge in [-0.15, -0.1) is 0 Å². The number of amides is 1. The number of nitrogens with one attached hydrogen (secondary N) is 1. The fourth-order valence-electron chi connectivity index (χ4n) is 1.95. The van der Waals surface area contributed by atoms with Gasteiger partial charge in [-0.05, 0) is 17.9 Å². The molecule has 0 fully saturated rings. The van der Waals surface area contributed by atoms with Crippen molar-refractivity contribution in [3.05, 3.63) is 23.9 Å². The monoisotopic (exact) mass is 334 g/mol. The van der Waals surface area contributed by atoms with E-state index in [1.807, 2.05) is 20.8 Å². The summed E-state index contributed by atoms with van der Waals surface area (Å²) in [6.07, 6.45) is -2.73. The lowest BCUT2D eigenvalue weighted by Gasteiger charge is -2.25. The minimum atomic E-state index is -4.48. The van der Waals surface area contributed by atoms with Crippen LogP contribution in [0.15, 0.2) is 18.3 Å². The Morgan fingerprint density at radius 3 is 2.57 bits per heavy atom. The van der Waals surface area contributed by atoms with Crippen LogP contribution in [0.2, 0.25) is 0 Å². The molecule has 1 heterocycles. The highest BCUT2D eigenvalue weighted by Gasteiger charge is 2.28. The van der Waals surface area contributed by atoms with Gasteiger partial charge in [0.25, 0.3) is 5.91 Å². The highest BCUT2D eigenvalue weighted by Crippen LogP contribution is 2.21. The molecule has 1 amide bonds. The first-order valence-electron chi connectivity index (χ1n) is 7.07. The summed E-state index contributed by atoms with van der Waals surface area (Å²) in [6, 6.07) is 2.05. The number of aromatic nitrogens is 1. The zero-order chi connectivity index (χ0) is 17.7. The number of carbonyl (C=O) groups excluding carboxylic acids is 1. The van der Waals surface area contributed by atoms with Crippen molar-refractivity contribution in [3.63, 3.8) is 0 Å². The van der Waals surface area contributed by atoms with Gasteiger partial charge < -0.3 is 15.2 Å². The van der Waals surface area contributed by atoms with Crippen LogP contribution in [0.3, 0.4) is 0 Å². The number of carbonyl (C=O) groups is 1. The van der Waals surface area contributed by atoms with Gasteiger partial charge in [0, 0.05) is 17.8 Å². The number of nitrogens with zero attached hydrogens (tertiary/aromatic N) is 1. The van der Waals surface area contributed by atoms with E-state index >= 15 is 0 Å². The van der Waals surface area contributed by atoms with Crippen LogP contribution >= 0.6 is 0 Å². The van der Waals surface area contributed by atoms with Gasteiger partial charge in [-0.1, -0.05) is 20.8 Å². The van der Waals surface area contributed by atoms with Crippen molar-refractivity contribution in [2.45, 2.75) is 39.4 Å². The number of hydrogen-bond acceptors (Lipinski definition) is 4. The van der Waals surface area contributed by atoms with Gasteiger partial charge in [0.15, 0.2) is 6.61 Å². The van der Waals surface area contributed by atoms with Gasteiger partial charge in [0.1, 0.15) is 0 Å². The lowest BCUT2D eigenvalue weighted by Crippen LogP contribution is -2.40. The highest BCUT2D eigenvalue weighted by atomic mass is 19.4. The molecule has 5 nitrogen and oxygen atoms in total. The number of rotatable bonds is 6. The molecule has 0 saturated carbocycles. The number of alkyl halides is 3. The molecule has 8 heteroatoms. The molecule has 0 aliphatic rings. The third kappa shape index (κ3) is 7.83. The third-order valence-corrected chi connectivity index (χ3v) is 2.80. The fraction of sp³-hybridized carbons (Fsp3) is 0.600. The molecular formula is C15H21F3N2O3. The molecule has 0 bridgehead atoms. The Balaban J connectivity index is 2.72. The van der Waals surface area contributed by atoms with E-state index in [1.54, 1.807) is 0 Å². The Morgan fingerprint density at radius 2 is 2.04 bits per heavy atom. The Bertz CT molecular complexity index is 527. The van der Waals surface area contributed by atoms with Gasteiger partial charge in [-0.25, -0.2) is 4.98 Å². The molecular weight excluding hydrogens is 313 g/mol. The number of aliphatic hydroxyl groups is 1. The van der Waals surface area contributed by atoms with Gasteiger partial charge >= 0.3 is 6.18 Å². The number of hydrogen-bond donors (Lipinski definition) is 2. The summed E-state index contributed by atoms with van der Waals surface area (Å²) in [7, 11) is 0. The molecule has 1 atom stereocenters. The van der Waals surface area contributed by atoms with Crippen molar-refractivity contribution < 1.29 is 27.8 Å². The molecule has 0 aliphatic heterocycles. The largest absolute Gasteiger partial charge is 0.468 e. The molecule has 1 aromatic rings. The summed E-state index contributed by atoms with van der Waals surface area (Å²) >= 11 is 0. The highest BCUT2D eigenvalue weighted by molar-refractivity contribution is 5.94. The molecule has 0 aliphatic carbocycles. The normalized spacial score (nSPS) is 13.5.